The number of aromatic nitrogens is 1. The van der Waals surface area contributed by atoms with Crippen LogP contribution in [0.5, 0.6) is 0 Å². The summed E-state index contributed by atoms with van der Waals surface area (Å²) in [7, 11) is 1.73. The SMILES string of the molecule is CCC(CC)(CNC(=NC)NCC(C)c1c(C)noc1C)NC(=O)OC(C)(C)C. The fraction of sp³-hybridized carbons (Fsp3) is 0.762. The summed E-state index contributed by atoms with van der Waals surface area (Å²) in [5.41, 5.74) is 1.08. The molecule has 0 fully saturated rings. The maximum Gasteiger partial charge on any atom is 0.408 e. The first-order chi connectivity index (χ1) is 13.5. The number of amides is 1. The van der Waals surface area contributed by atoms with Crippen LogP contribution in [0.4, 0.5) is 4.79 Å². The van der Waals surface area contributed by atoms with Crippen LogP contribution in [0.15, 0.2) is 9.52 Å². The van der Waals surface area contributed by atoms with Crippen molar-refractivity contribution in [3.8, 4) is 0 Å². The minimum absolute atomic E-state index is 0.224. The molecule has 0 aliphatic heterocycles. The van der Waals surface area contributed by atoms with Crippen molar-refractivity contribution in [1.82, 2.24) is 21.1 Å². The number of aliphatic imine (C=N–C) groups is 1. The molecule has 1 aromatic rings. The van der Waals surface area contributed by atoms with E-state index in [1.807, 2.05) is 34.6 Å². The number of hydrogen-bond donors (Lipinski definition) is 3. The fourth-order valence-electron chi connectivity index (χ4n) is 3.26. The lowest BCUT2D eigenvalue weighted by Gasteiger charge is -2.34. The Morgan fingerprint density at radius 2 is 1.83 bits per heavy atom. The summed E-state index contributed by atoms with van der Waals surface area (Å²) in [6, 6.07) is 0. The number of aryl methyl sites for hydroxylation is 2. The van der Waals surface area contributed by atoms with Crippen molar-refractivity contribution in [2.24, 2.45) is 4.99 Å². The van der Waals surface area contributed by atoms with Crippen LogP contribution in [0.3, 0.4) is 0 Å². The van der Waals surface area contributed by atoms with Gasteiger partial charge in [-0.3, -0.25) is 4.99 Å². The molecule has 0 aliphatic rings. The topological polar surface area (TPSA) is 101 Å². The standard InChI is InChI=1S/C21H39N5O3/c1-10-21(11-2,25-19(27)28-20(6,7)8)13-24-18(22-9)23-12-14(3)17-15(4)26-29-16(17)5/h14H,10-13H2,1-9H3,(H,25,27)(H2,22,23,24). The van der Waals surface area contributed by atoms with Crippen molar-refractivity contribution in [2.75, 3.05) is 20.1 Å². The largest absolute Gasteiger partial charge is 0.444 e. The van der Waals surface area contributed by atoms with Crippen molar-refractivity contribution >= 4 is 12.1 Å². The maximum atomic E-state index is 12.3. The van der Waals surface area contributed by atoms with E-state index in [-0.39, 0.29) is 5.92 Å². The van der Waals surface area contributed by atoms with Crippen molar-refractivity contribution in [3.63, 3.8) is 0 Å². The fourth-order valence-corrected chi connectivity index (χ4v) is 3.26. The smallest absolute Gasteiger partial charge is 0.408 e. The summed E-state index contributed by atoms with van der Waals surface area (Å²) in [6.07, 6.45) is 1.13. The highest BCUT2D eigenvalue weighted by Crippen LogP contribution is 2.22. The molecule has 1 unspecified atom stereocenters. The molecule has 166 valence electrons. The van der Waals surface area contributed by atoms with Crippen molar-refractivity contribution < 1.29 is 14.1 Å². The molecule has 0 aliphatic carbocycles. The number of ether oxygens (including phenoxy) is 1. The van der Waals surface area contributed by atoms with Gasteiger partial charge in [0.1, 0.15) is 11.4 Å². The first-order valence-electron chi connectivity index (χ1n) is 10.3. The quantitative estimate of drug-likeness (QED) is 0.448. The van der Waals surface area contributed by atoms with E-state index < -0.39 is 17.2 Å². The van der Waals surface area contributed by atoms with Crippen LogP contribution in [-0.2, 0) is 4.74 Å². The van der Waals surface area contributed by atoms with Crippen LogP contribution in [0.2, 0.25) is 0 Å². The van der Waals surface area contributed by atoms with E-state index in [4.69, 9.17) is 9.26 Å². The third-order valence-corrected chi connectivity index (χ3v) is 5.09. The highest BCUT2D eigenvalue weighted by molar-refractivity contribution is 5.80. The number of guanidine groups is 1. The monoisotopic (exact) mass is 409 g/mol. The third-order valence-electron chi connectivity index (χ3n) is 5.09. The molecule has 29 heavy (non-hydrogen) atoms. The van der Waals surface area contributed by atoms with E-state index in [9.17, 15) is 4.79 Å². The van der Waals surface area contributed by atoms with Gasteiger partial charge in [-0.1, -0.05) is 25.9 Å². The van der Waals surface area contributed by atoms with Gasteiger partial charge in [0.05, 0.1) is 11.2 Å². The molecule has 1 rings (SSSR count). The molecule has 1 atom stereocenters. The van der Waals surface area contributed by atoms with E-state index in [0.717, 1.165) is 29.9 Å². The molecule has 0 saturated heterocycles. The molecule has 1 amide bonds. The second kappa shape index (κ2) is 10.5. The van der Waals surface area contributed by atoms with Gasteiger partial charge in [0.15, 0.2) is 5.96 Å². The number of carbonyl (C=O) groups excluding carboxylic acids is 1. The summed E-state index contributed by atoms with van der Waals surface area (Å²) in [6.45, 7) is 16.9. The summed E-state index contributed by atoms with van der Waals surface area (Å²) in [5.74, 6) is 1.75. The van der Waals surface area contributed by atoms with Crippen LogP contribution >= 0.6 is 0 Å². The lowest BCUT2D eigenvalue weighted by Crippen LogP contribution is -2.57. The summed E-state index contributed by atoms with van der Waals surface area (Å²) in [4.78, 5) is 16.6. The predicted molar refractivity (Wildman–Crippen MR) is 116 cm³/mol. The van der Waals surface area contributed by atoms with Gasteiger partial charge >= 0.3 is 6.09 Å². The van der Waals surface area contributed by atoms with Crippen molar-refractivity contribution in [1.29, 1.82) is 0 Å². The van der Waals surface area contributed by atoms with E-state index in [0.29, 0.717) is 19.0 Å². The second-order valence-electron chi connectivity index (χ2n) is 8.56. The molecule has 0 bridgehead atoms. The van der Waals surface area contributed by atoms with Crippen LogP contribution < -0.4 is 16.0 Å². The lowest BCUT2D eigenvalue weighted by atomic mass is 9.93. The summed E-state index contributed by atoms with van der Waals surface area (Å²) >= 11 is 0. The molecule has 8 nitrogen and oxygen atoms in total. The molecule has 3 N–H and O–H groups in total. The first-order valence-corrected chi connectivity index (χ1v) is 10.3. The van der Waals surface area contributed by atoms with Gasteiger partial charge in [0.25, 0.3) is 0 Å². The van der Waals surface area contributed by atoms with Crippen molar-refractivity contribution in [3.05, 3.63) is 17.0 Å². The lowest BCUT2D eigenvalue weighted by molar-refractivity contribution is 0.0448. The average molecular weight is 410 g/mol. The predicted octanol–water partition coefficient (Wildman–Crippen LogP) is 3.64. The molecule has 0 radical (unpaired) electrons. The Morgan fingerprint density at radius 3 is 2.28 bits per heavy atom. The molecular formula is C21H39N5O3. The third kappa shape index (κ3) is 7.59. The molecular weight excluding hydrogens is 370 g/mol. The molecule has 0 aromatic carbocycles. The van der Waals surface area contributed by atoms with Crippen LogP contribution in [0.25, 0.3) is 0 Å². The Kier molecular flexibility index (Phi) is 8.98. The van der Waals surface area contributed by atoms with Crippen LogP contribution in [0, 0.1) is 13.8 Å². The van der Waals surface area contributed by atoms with Gasteiger partial charge in [-0.05, 0) is 47.5 Å². The summed E-state index contributed by atoms with van der Waals surface area (Å²) in [5, 5.41) is 13.8. The minimum Gasteiger partial charge on any atom is -0.444 e. The first kappa shape index (κ1) is 24.8. The highest BCUT2D eigenvalue weighted by Gasteiger charge is 2.30. The van der Waals surface area contributed by atoms with Gasteiger partial charge < -0.3 is 25.2 Å². The number of nitrogens with zero attached hydrogens (tertiary/aromatic N) is 2. The number of alkyl carbamates (subject to hydrolysis) is 1. The van der Waals surface area contributed by atoms with Gasteiger partial charge in [-0.25, -0.2) is 4.79 Å². The number of carbonyl (C=O) groups is 1. The molecule has 0 saturated carbocycles. The van der Waals surface area contributed by atoms with Gasteiger partial charge in [-0.2, -0.15) is 0 Å². The minimum atomic E-state index is -0.531. The number of nitrogens with one attached hydrogen (secondary N) is 3. The van der Waals surface area contributed by atoms with Crippen LogP contribution in [-0.4, -0.2) is 48.5 Å². The Morgan fingerprint density at radius 1 is 1.21 bits per heavy atom. The van der Waals surface area contributed by atoms with Gasteiger partial charge in [0.2, 0.25) is 0 Å². The zero-order valence-corrected chi connectivity index (χ0v) is 19.5. The highest BCUT2D eigenvalue weighted by atomic mass is 16.6. The molecule has 1 heterocycles. The van der Waals surface area contributed by atoms with E-state index >= 15 is 0 Å². The number of rotatable bonds is 8. The Balaban J connectivity index is 2.68. The average Bonchev–Trinajstić information content (AvgIpc) is 2.97. The van der Waals surface area contributed by atoms with Crippen LogP contribution in [0.1, 0.15) is 77.3 Å². The van der Waals surface area contributed by atoms with Crippen molar-refractivity contribution in [2.45, 2.75) is 85.3 Å². The summed E-state index contributed by atoms with van der Waals surface area (Å²) < 4.78 is 10.7. The zero-order valence-electron chi connectivity index (χ0n) is 19.5. The van der Waals surface area contributed by atoms with E-state index in [1.165, 1.54) is 0 Å². The molecule has 8 heteroatoms. The Bertz CT molecular complexity index is 667. The Hall–Kier alpha value is -2.25. The zero-order chi connectivity index (χ0) is 22.2. The van der Waals surface area contributed by atoms with E-state index in [2.05, 4.69) is 46.9 Å². The van der Waals surface area contributed by atoms with E-state index in [1.54, 1.807) is 7.05 Å². The second-order valence-corrected chi connectivity index (χ2v) is 8.56. The molecule has 0 spiro atoms. The normalized spacial score (nSPS) is 13.8. The van der Waals surface area contributed by atoms with Gasteiger partial charge in [-0.15, -0.1) is 0 Å². The van der Waals surface area contributed by atoms with Gasteiger partial charge in [0, 0.05) is 31.6 Å². The maximum absolute atomic E-state index is 12.3. The Labute approximate surface area is 175 Å². The number of hydrogen-bond acceptors (Lipinski definition) is 5. The molecule has 1 aromatic heterocycles.